The van der Waals surface area contributed by atoms with Crippen molar-refractivity contribution >= 4 is 15.9 Å². The molecule has 2 saturated heterocycles. The largest absolute Gasteiger partial charge is 0.356 e. The maximum absolute atomic E-state index is 12.7. The number of hydrogen-bond acceptors (Lipinski definition) is 4. The summed E-state index contributed by atoms with van der Waals surface area (Å²) in [4.78, 5) is 15.1. The lowest BCUT2D eigenvalue weighted by atomic mass is 9.97. The fourth-order valence-corrected chi connectivity index (χ4v) is 6.29. The van der Waals surface area contributed by atoms with Gasteiger partial charge >= 0.3 is 0 Å². The number of rotatable bonds is 9. The van der Waals surface area contributed by atoms with Crippen LogP contribution < -0.4 is 5.32 Å². The van der Waals surface area contributed by atoms with E-state index in [-0.39, 0.29) is 17.6 Å². The second-order valence-electron chi connectivity index (χ2n) is 8.65. The van der Waals surface area contributed by atoms with E-state index >= 15 is 0 Å². The van der Waals surface area contributed by atoms with Gasteiger partial charge in [0, 0.05) is 38.1 Å². The first kappa shape index (κ1) is 23.2. The van der Waals surface area contributed by atoms with Gasteiger partial charge < -0.3 is 10.2 Å². The summed E-state index contributed by atoms with van der Waals surface area (Å²) >= 11 is 0. The number of amides is 1. The SMILES string of the molecule is CC[C@H]1CCCCN1CCCNC(=O)C1CCN(S(=O)(=O)Cc2ccccc2)CC1. The molecule has 1 atom stereocenters. The normalized spacial score (nSPS) is 22.1. The summed E-state index contributed by atoms with van der Waals surface area (Å²) < 4.78 is 26.9. The van der Waals surface area contributed by atoms with Crippen molar-refractivity contribution in [2.45, 2.75) is 63.7 Å². The number of carbonyl (C=O) groups is 1. The van der Waals surface area contributed by atoms with Gasteiger partial charge in [-0.25, -0.2) is 12.7 Å². The highest BCUT2D eigenvalue weighted by Gasteiger charge is 2.31. The molecular weight excluding hydrogens is 398 g/mol. The highest BCUT2D eigenvalue weighted by atomic mass is 32.2. The molecule has 2 aliphatic rings. The Hall–Kier alpha value is -1.44. The van der Waals surface area contributed by atoms with Crippen molar-refractivity contribution in [1.29, 1.82) is 0 Å². The zero-order chi connectivity index (χ0) is 21.4. The maximum atomic E-state index is 12.7. The first-order chi connectivity index (χ1) is 14.5. The third-order valence-electron chi connectivity index (χ3n) is 6.55. The van der Waals surface area contributed by atoms with Gasteiger partial charge in [0.2, 0.25) is 15.9 Å². The molecule has 168 valence electrons. The molecule has 1 aromatic rings. The molecule has 2 heterocycles. The number of piperidine rings is 2. The van der Waals surface area contributed by atoms with Crippen molar-refractivity contribution in [3.05, 3.63) is 35.9 Å². The molecule has 1 N–H and O–H groups in total. The standard InChI is InChI=1S/C23H37N3O3S/c1-2-22-11-6-7-15-25(22)16-8-14-24-23(27)21-12-17-26(18-13-21)30(28,29)19-20-9-4-3-5-10-20/h3-5,9-10,21-22H,2,6-8,11-19H2,1H3,(H,24,27)/t22-/m0/s1. The van der Waals surface area contributed by atoms with Crippen molar-refractivity contribution in [3.63, 3.8) is 0 Å². The van der Waals surface area contributed by atoms with Crippen LogP contribution in [0.1, 0.15) is 57.4 Å². The Morgan fingerprint density at radius 3 is 2.50 bits per heavy atom. The molecule has 0 unspecified atom stereocenters. The molecule has 6 nitrogen and oxygen atoms in total. The predicted molar refractivity (Wildman–Crippen MR) is 120 cm³/mol. The Balaban J connectivity index is 1.36. The minimum atomic E-state index is -3.33. The quantitative estimate of drug-likeness (QED) is 0.606. The van der Waals surface area contributed by atoms with Gasteiger partial charge in [-0.15, -0.1) is 0 Å². The summed E-state index contributed by atoms with van der Waals surface area (Å²) in [7, 11) is -3.33. The molecule has 3 rings (SSSR count). The molecule has 0 spiro atoms. The Bertz CT molecular complexity index is 761. The van der Waals surface area contributed by atoms with Crippen LogP contribution in [0, 0.1) is 5.92 Å². The lowest BCUT2D eigenvalue weighted by Crippen LogP contribution is -2.44. The van der Waals surface area contributed by atoms with E-state index in [2.05, 4.69) is 17.1 Å². The van der Waals surface area contributed by atoms with Crippen molar-refractivity contribution < 1.29 is 13.2 Å². The molecule has 0 aromatic heterocycles. The molecule has 7 heteroatoms. The average Bonchev–Trinajstić information content (AvgIpc) is 2.77. The molecule has 1 amide bonds. The molecule has 30 heavy (non-hydrogen) atoms. The van der Waals surface area contributed by atoms with E-state index in [4.69, 9.17) is 0 Å². The van der Waals surface area contributed by atoms with Crippen molar-refractivity contribution in [2.24, 2.45) is 5.92 Å². The van der Waals surface area contributed by atoms with Gasteiger partial charge in [0.25, 0.3) is 0 Å². The van der Waals surface area contributed by atoms with Crippen LogP contribution in [0.5, 0.6) is 0 Å². The highest BCUT2D eigenvalue weighted by molar-refractivity contribution is 7.88. The monoisotopic (exact) mass is 435 g/mol. The van der Waals surface area contributed by atoms with E-state index in [0.29, 0.717) is 38.5 Å². The minimum Gasteiger partial charge on any atom is -0.356 e. The van der Waals surface area contributed by atoms with Gasteiger partial charge in [-0.05, 0) is 50.6 Å². The molecule has 0 radical (unpaired) electrons. The summed E-state index contributed by atoms with van der Waals surface area (Å²) in [6, 6.07) is 9.98. The molecule has 0 saturated carbocycles. The molecule has 2 fully saturated rings. The summed E-state index contributed by atoms with van der Waals surface area (Å²) in [6.07, 6.45) is 7.31. The molecular formula is C23H37N3O3S. The van der Waals surface area contributed by atoms with Gasteiger partial charge in [0.15, 0.2) is 0 Å². The average molecular weight is 436 g/mol. The highest BCUT2D eigenvalue weighted by Crippen LogP contribution is 2.22. The van der Waals surface area contributed by atoms with Crippen LogP contribution in [0.4, 0.5) is 0 Å². The van der Waals surface area contributed by atoms with Crippen LogP contribution >= 0.6 is 0 Å². The zero-order valence-corrected chi connectivity index (χ0v) is 19.1. The lowest BCUT2D eigenvalue weighted by Gasteiger charge is -2.35. The van der Waals surface area contributed by atoms with E-state index in [1.54, 1.807) is 4.31 Å². The fourth-order valence-electron chi connectivity index (χ4n) is 4.73. The van der Waals surface area contributed by atoms with Gasteiger partial charge in [-0.1, -0.05) is 43.7 Å². The Labute approximate surface area is 182 Å². The number of sulfonamides is 1. The van der Waals surface area contributed by atoms with Gasteiger partial charge in [0.05, 0.1) is 5.75 Å². The second kappa shape index (κ2) is 11.3. The van der Waals surface area contributed by atoms with Crippen LogP contribution in [0.3, 0.4) is 0 Å². The van der Waals surface area contributed by atoms with Gasteiger partial charge in [-0.3, -0.25) is 4.79 Å². The third-order valence-corrected chi connectivity index (χ3v) is 8.40. The first-order valence-corrected chi connectivity index (χ1v) is 13.1. The Kier molecular flexibility index (Phi) is 8.72. The minimum absolute atomic E-state index is 0.0277. The topological polar surface area (TPSA) is 69.7 Å². The van der Waals surface area contributed by atoms with Gasteiger partial charge in [-0.2, -0.15) is 0 Å². The number of likely N-dealkylation sites (tertiary alicyclic amines) is 1. The summed E-state index contributed by atoms with van der Waals surface area (Å²) in [6.45, 7) is 6.06. The van der Waals surface area contributed by atoms with Crippen molar-refractivity contribution in [1.82, 2.24) is 14.5 Å². The van der Waals surface area contributed by atoms with E-state index in [9.17, 15) is 13.2 Å². The van der Waals surface area contributed by atoms with Crippen molar-refractivity contribution in [2.75, 3.05) is 32.7 Å². The smallest absolute Gasteiger partial charge is 0.223 e. The van der Waals surface area contributed by atoms with Crippen molar-refractivity contribution in [3.8, 4) is 0 Å². The lowest BCUT2D eigenvalue weighted by molar-refractivity contribution is -0.126. The molecule has 1 aromatic carbocycles. The number of benzene rings is 1. The van der Waals surface area contributed by atoms with Gasteiger partial charge in [0.1, 0.15) is 0 Å². The van der Waals surface area contributed by atoms with Crippen LogP contribution in [0.2, 0.25) is 0 Å². The van der Waals surface area contributed by atoms with E-state index in [0.717, 1.165) is 18.5 Å². The molecule has 0 aliphatic carbocycles. The number of nitrogens with zero attached hydrogens (tertiary/aromatic N) is 2. The molecule has 0 bridgehead atoms. The second-order valence-corrected chi connectivity index (χ2v) is 10.6. The number of nitrogens with one attached hydrogen (secondary N) is 1. The van der Waals surface area contributed by atoms with Crippen LogP contribution in [-0.2, 0) is 20.6 Å². The van der Waals surface area contributed by atoms with Crippen LogP contribution in [0.25, 0.3) is 0 Å². The van der Waals surface area contributed by atoms with Crippen LogP contribution in [0.15, 0.2) is 30.3 Å². The van der Waals surface area contributed by atoms with E-state index in [1.807, 2.05) is 30.3 Å². The summed E-state index contributed by atoms with van der Waals surface area (Å²) in [5.74, 6) is 0.0345. The zero-order valence-electron chi connectivity index (χ0n) is 18.3. The number of carbonyl (C=O) groups excluding carboxylic acids is 1. The third kappa shape index (κ3) is 6.53. The Morgan fingerprint density at radius 2 is 1.80 bits per heavy atom. The van der Waals surface area contributed by atoms with E-state index < -0.39 is 10.0 Å². The summed E-state index contributed by atoms with van der Waals surface area (Å²) in [5.41, 5.74) is 0.802. The Morgan fingerprint density at radius 1 is 1.07 bits per heavy atom. The van der Waals surface area contributed by atoms with Crippen LogP contribution in [-0.4, -0.2) is 62.3 Å². The maximum Gasteiger partial charge on any atom is 0.223 e. The summed E-state index contributed by atoms with van der Waals surface area (Å²) in [5, 5.41) is 3.08. The van der Waals surface area contributed by atoms with E-state index in [1.165, 1.54) is 32.2 Å². The fraction of sp³-hybridized carbons (Fsp3) is 0.696. The molecule has 2 aliphatic heterocycles. The first-order valence-electron chi connectivity index (χ1n) is 11.5. The number of hydrogen-bond donors (Lipinski definition) is 1. The predicted octanol–water partition coefficient (Wildman–Crippen LogP) is 3.00.